The van der Waals surface area contributed by atoms with Crippen LogP contribution in [0.1, 0.15) is 25.0 Å². The molecular weight excluding hydrogens is 220 g/mol. The minimum atomic E-state index is 0.0101. The number of nitrogens with two attached hydrogens (primary N) is 1. The lowest BCUT2D eigenvalue weighted by Crippen LogP contribution is -2.27. The van der Waals surface area contributed by atoms with Crippen molar-refractivity contribution < 1.29 is 4.79 Å². The van der Waals surface area contributed by atoms with Crippen LogP contribution >= 0.6 is 12.2 Å². The Bertz CT molecular complexity index is 385. The molecule has 0 fully saturated rings. The molecule has 0 bridgehead atoms. The zero-order chi connectivity index (χ0) is 12.1. The molecule has 4 heteroatoms. The van der Waals surface area contributed by atoms with Gasteiger partial charge in [-0.1, -0.05) is 50.3 Å². The molecule has 0 saturated heterocycles. The van der Waals surface area contributed by atoms with Gasteiger partial charge in [0.1, 0.15) is 4.99 Å². The van der Waals surface area contributed by atoms with Gasteiger partial charge in [0.15, 0.2) is 0 Å². The van der Waals surface area contributed by atoms with Crippen molar-refractivity contribution in [1.82, 2.24) is 5.32 Å². The summed E-state index contributed by atoms with van der Waals surface area (Å²) in [5.41, 5.74) is 7.37. The molecule has 0 unspecified atom stereocenters. The van der Waals surface area contributed by atoms with E-state index in [0.29, 0.717) is 11.5 Å². The van der Waals surface area contributed by atoms with Crippen molar-refractivity contribution in [3.8, 4) is 0 Å². The van der Waals surface area contributed by atoms with Crippen LogP contribution in [-0.4, -0.2) is 10.9 Å². The molecule has 0 radical (unpaired) electrons. The summed E-state index contributed by atoms with van der Waals surface area (Å²) < 4.78 is 0. The summed E-state index contributed by atoms with van der Waals surface area (Å²) in [7, 11) is 0. The van der Waals surface area contributed by atoms with Gasteiger partial charge in [0.25, 0.3) is 0 Å². The van der Waals surface area contributed by atoms with Crippen LogP contribution in [0.5, 0.6) is 0 Å². The Labute approximate surface area is 101 Å². The molecule has 1 rings (SSSR count). The Morgan fingerprint density at radius 3 is 2.38 bits per heavy atom. The molecule has 0 aliphatic carbocycles. The Morgan fingerprint density at radius 2 is 1.94 bits per heavy atom. The average molecular weight is 236 g/mol. The number of hydrogen-bond donors (Lipinski definition) is 2. The highest BCUT2D eigenvalue weighted by atomic mass is 32.1. The van der Waals surface area contributed by atoms with E-state index in [-0.39, 0.29) is 11.8 Å². The third-order valence-electron chi connectivity index (χ3n) is 2.23. The molecule has 3 N–H and O–H groups in total. The largest absolute Gasteiger partial charge is 0.389 e. The molecule has 3 nitrogen and oxygen atoms in total. The van der Waals surface area contributed by atoms with Crippen molar-refractivity contribution in [2.45, 2.75) is 20.4 Å². The van der Waals surface area contributed by atoms with E-state index in [1.54, 1.807) is 0 Å². The van der Waals surface area contributed by atoms with E-state index in [1.165, 1.54) is 0 Å². The average Bonchev–Trinajstić information content (AvgIpc) is 2.26. The number of carbonyl (C=O) groups excluding carboxylic acids is 1. The summed E-state index contributed by atoms with van der Waals surface area (Å²) in [6.07, 6.45) is 0. The maximum atomic E-state index is 11.3. The molecule has 0 spiro atoms. The molecule has 0 aromatic heterocycles. The minimum Gasteiger partial charge on any atom is -0.389 e. The third kappa shape index (κ3) is 3.62. The summed E-state index contributed by atoms with van der Waals surface area (Å²) in [6, 6.07) is 7.54. The molecule has 1 amide bonds. The molecule has 16 heavy (non-hydrogen) atoms. The third-order valence-corrected chi connectivity index (χ3v) is 2.47. The highest BCUT2D eigenvalue weighted by molar-refractivity contribution is 7.80. The van der Waals surface area contributed by atoms with Gasteiger partial charge in [0, 0.05) is 18.0 Å². The summed E-state index contributed by atoms with van der Waals surface area (Å²) >= 11 is 4.85. The van der Waals surface area contributed by atoms with Gasteiger partial charge in [-0.15, -0.1) is 0 Å². The predicted molar refractivity (Wildman–Crippen MR) is 69.0 cm³/mol. The van der Waals surface area contributed by atoms with E-state index >= 15 is 0 Å². The Morgan fingerprint density at radius 1 is 1.38 bits per heavy atom. The number of nitrogens with one attached hydrogen (secondary N) is 1. The maximum absolute atomic E-state index is 11.3. The van der Waals surface area contributed by atoms with Crippen LogP contribution in [0.15, 0.2) is 24.3 Å². The maximum Gasteiger partial charge on any atom is 0.222 e. The van der Waals surface area contributed by atoms with Crippen molar-refractivity contribution in [3.05, 3.63) is 35.4 Å². The van der Waals surface area contributed by atoms with Crippen LogP contribution in [0.25, 0.3) is 0 Å². The fourth-order valence-electron chi connectivity index (χ4n) is 1.18. The van der Waals surface area contributed by atoms with Crippen molar-refractivity contribution in [2.24, 2.45) is 11.7 Å². The fourth-order valence-corrected chi connectivity index (χ4v) is 1.32. The monoisotopic (exact) mass is 236 g/mol. The number of carbonyl (C=O) groups is 1. The van der Waals surface area contributed by atoms with E-state index in [0.717, 1.165) is 11.1 Å². The molecule has 0 aliphatic rings. The second-order valence-electron chi connectivity index (χ2n) is 3.93. The Hall–Kier alpha value is -1.42. The predicted octanol–water partition coefficient (Wildman–Crippen LogP) is 1.59. The summed E-state index contributed by atoms with van der Waals surface area (Å²) in [6.45, 7) is 4.27. The smallest absolute Gasteiger partial charge is 0.222 e. The summed E-state index contributed by atoms with van der Waals surface area (Å²) in [4.78, 5) is 11.7. The standard InChI is InChI=1S/C12H16N2OS/c1-8(2)12(15)14-7-9-3-5-10(6-4-9)11(13)16/h3-6,8H,7H2,1-2H3,(H2,13,16)(H,14,15). The number of hydrogen-bond acceptors (Lipinski definition) is 2. The number of thiocarbonyl (C=S) groups is 1. The van der Waals surface area contributed by atoms with Gasteiger partial charge < -0.3 is 11.1 Å². The molecular formula is C12H16N2OS. The highest BCUT2D eigenvalue weighted by Gasteiger charge is 2.05. The lowest BCUT2D eigenvalue weighted by atomic mass is 10.1. The first-order chi connectivity index (χ1) is 7.50. The second kappa shape index (κ2) is 5.61. The van der Waals surface area contributed by atoms with Crippen LogP contribution in [0.3, 0.4) is 0 Å². The van der Waals surface area contributed by atoms with Gasteiger partial charge in [-0.25, -0.2) is 0 Å². The van der Waals surface area contributed by atoms with Gasteiger partial charge in [-0.2, -0.15) is 0 Å². The number of benzene rings is 1. The lowest BCUT2D eigenvalue weighted by molar-refractivity contribution is -0.124. The first kappa shape index (κ1) is 12.6. The first-order valence-electron chi connectivity index (χ1n) is 5.17. The van der Waals surface area contributed by atoms with Gasteiger partial charge in [0.05, 0.1) is 0 Å². The SMILES string of the molecule is CC(C)C(=O)NCc1ccc(C(N)=S)cc1. The van der Waals surface area contributed by atoms with E-state index in [9.17, 15) is 4.79 Å². The normalized spacial score (nSPS) is 10.2. The van der Waals surface area contributed by atoms with E-state index in [2.05, 4.69) is 5.32 Å². The second-order valence-corrected chi connectivity index (χ2v) is 4.37. The van der Waals surface area contributed by atoms with E-state index < -0.39 is 0 Å². The van der Waals surface area contributed by atoms with Gasteiger partial charge in [-0.3, -0.25) is 4.79 Å². The van der Waals surface area contributed by atoms with Gasteiger partial charge >= 0.3 is 0 Å². The summed E-state index contributed by atoms with van der Waals surface area (Å²) in [5, 5.41) is 2.84. The van der Waals surface area contributed by atoms with Crippen molar-refractivity contribution in [1.29, 1.82) is 0 Å². The number of amides is 1. The van der Waals surface area contributed by atoms with Crippen LogP contribution in [0, 0.1) is 5.92 Å². The Balaban J connectivity index is 2.56. The van der Waals surface area contributed by atoms with E-state index in [1.807, 2.05) is 38.1 Å². The molecule has 0 heterocycles. The molecule has 0 saturated carbocycles. The number of rotatable bonds is 4. The van der Waals surface area contributed by atoms with Crippen molar-refractivity contribution >= 4 is 23.1 Å². The zero-order valence-electron chi connectivity index (χ0n) is 9.49. The minimum absolute atomic E-state index is 0.0101. The molecule has 0 aliphatic heterocycles. The highest BCUT2D eigenvalue weighted by Crippen LogP contribution is 2.04. The molecule has 1 aromatic rings. The van der Waals surface area contributed by atoms with Crippen molar-refractivity contribution in [2.75, 3.05) is 0 Å². The van der Waals surface area contributed by atoms with Gasteiger partial charge in [0.2, 0.25) is 5.91 Å². The molecule has 86 valence electrons. The van der Waals surface area contributed by atoms with Crippen LogP contribution < -0.4 is 11.1 Å². The topological polar surface area (TPSA) is 55.1 Å². The van der Waals surface area contributed by atoms with Crippen LogP contribution in [-0.2, 0) is 11.3 Å². The van der Waals surface area contributed by atoms with Crippen LogP contribution in [0.4, 0.5) is 0 Å². The van der Waals surface area contributed by atoms with Crippen molar-refractivity contribution in [3.63, 3.8) is 0 Å². The lowest BCUT2D eigenvalue weighted by Gasteiger charge is -2.08. The quantitative estimate of drug-likeness (QED) is 0.781. The summed E-state index contributed by atoms with van der Waals surface area (Å²) in [5.74, 6) is 0.0642. The first-order valence-corrected chi connectivity index (χ1v) is 5.58. The zero-order valence-corrected chi connectivity index (χ0v) is 10.3. The van der Waals surface area contributed by atoms with Gasteiger partial charge in [-0.05, 0) is 5.56 Å². The van der Waals surface area contributed by atoms with E-state index in [4.69, 9.17) is 18.0 Å². The molecule has 0 atom stereocenters. The Kier molecular flexibility index (Phi) is 4.43. The van der Waals surface area contributed by atoms with Crippen LogP contribution in [0.2, 0.25) is 0 Å². The fraction of sp³-hybridized carbons (Fsp3) is 0.333. The molecule has 1 aromatic carbocycles.